The van der Waals surface area contributed by atoms with Crippen molar-refractivity contribution in [2.75, 3.05) is 0 Å². The van der Waals surface area contributed by atoms with E-state index in [0.717, 1.165) is 12.1 Å². The second kappa shape index (κ2) is 7.80. The van der Waals surface area contributed by atoms with Gasteiger partial charge < -0.3 is 0 Å². The summed E-state index contributed by atoms with van der Waals surface area (Å²) in [6, 6.07) is 18.4. The zero-order valence-electron chi connectivity index (χ0n) is 15.4. The molecule has 0 amide bonds. The molecule has 1 aromatic heterocycles. The van der Waals surface area contributed by atoms with Crippen molar-refractivity contribution in [1.29, 1.82) is 0 Å². The predicted molar refractivity (Wildman–Crippen MR) is 113 cm³/mol. The van der Waals surface area contributed by atoms with Crippen LogP contribution in [0.15, 0.2) is 77.6 Å². The number of aromatic nitrogens is 2. The van der Waals surface area contributed by atoms with Gasteiger partial charge in [0.1, 0.15) is 5.52 Å². The molecule has 4 rings (SSSR count). The van der Waals surface area contributed by atoms with E-state index in [2.05, 4.69) is 5.10 Å². The molecule has 0 radical (unpaired) electrons. The van der Waals surface area contributed by atoms with Gasteiger partial charge in [0.25, 0.3) is 0 Å². The average molecular weight is 427 g/mol. The molecule has 0 aliphatic rings. The van der Waals surface area contributed by atoms with Gasteiger partial charge in [0.2, 0.25) is 5.43 Å². The van der Waals surface area contributed by atoms with Crippen LogP contribution in [0.1, 0.15) is 16.8 Å². The number of halogens is 4. The van der Waals surface area contributed by atoms with Crippen molar-refractivity contribution in [3.8, 4) is 5.69 Å². The summed E-state index contributed by atoms with van der Waals surface area (Å²) in [5.74, 6) is 0. The molecule has 3 nitrogen and oxygen atoms in total. The zero-order chi connectivity index (χ0) is 21.3. The van der Waals surface area contributed by atoms with Gasteiger partial charge in [-0.2, -0.15) is 18.3 Å². The van der Waals surface area contributed by atoms with Gasteiger partial charge in [-0.3, -0.25) is 4.79 Å². The molecule has 0 N–H and O–H groups in total. The molecular formula is C23H14ClF3N2O. The van der Waals surface area contributed by atoms with Crippen LogP contribution in [0.25, 0.3) is 28.7 Å². The minimum Gasteiger partial charge on any atom is -0.288 e. The van der Waals surface area contributed by atoms with Crippen LogP contribution in [0.2, 0.25) is 5.02 Å². The van der Waals surface area contributed by atoms with E-state index in [1.807, 2.05) is 0 Å². The van der Waals surface area contributed by atoms with Gasteiger partial charge in [0.15, 0.2) is 0 Å². The molecule has 4 aromatic rings. The molecule has 0 spiro atoms. The summed E-state index contributed by atoms with van der Waals surface area (Å²) in [5.41, 5.74) is 1.18. The third-order valence-corrected chi connectivity index (χ3v) is 4.77. The summed E-state index contributed by atoms with van der Waals surface area (Å²) in [6.45, 7) is 0. The number of benzene rings is 2. The smallest absolute Gasteiger partial charge is 0.288 e. The Bertz CT molecular complexity index is 1310. The second-order valence-electron chi connectivity index (χ2n) is 6.57. The topological polar surface area (TPSA) is 34.9 Å². The fourth-order valence-electron chi connectivity index (χ4n) is 3.10. The number of rotatable bonds is 3. The maximum atomic E-state index is 12.7. The first-order valence-electron chi connectivity index (χ1n) is 8.96. The third kappa shape index (κ3) is 4.00. The zero-order valence-corrected chi connectivity index (χ0v) is 16.2. The van der Waals surface area contributed by atoms with Crippen molar-refractivity contribution in [1.82, 2.24) is 9.78 Å². The van der Waals surface area contributed by atoms with E-state index in [9.17, 15) is 18.0 Å². The van der Waals surface area contributed by atoms with Crippen LogP contribution in [0.3, 0.4) is 0 Å². The summed E-state index contributed by atoms with van der Waals surface area (Å²) >= 11 is 6.09. The molecule has 30 heavy (non-hydrogen) atoms. The van der Waals surface area contributed by atoms with Crippen LogP contribution < -0.4 is 5.43 Å². The van der Waals surface area contributed by atoms with Crippen LogP contribution in [-0.4, -0.2) is 9.78 Å². The first-order chi connectivity index (χ1) is 14.3. The summed E-state index contributed by atoms with van der Waals surface area (Å²) in [7, 11) is 0. The highest BCUT2D eigenvalue weighted by molar-refractivity contribution is 6.30. The van der Waals surface area contributed by atoms with Gasteiger partial charge in [-0.05, 0) is 48.0 Å². The molecule has 3 aromatic carbocycles. The predicted octanol–water partition coefficient (Wildman–Crippen LogP) is 6.23. The lowest BCUT2D eigenvalue weighted by Gasteiger charge is -2.05. The van der Waals surface area contributed by atoms with Gasteiger partial charge in [-0.25, -0.2) is 4.68 Å². The fourth-order valence-corrected chi connectivity index (χ4v) is 3.28. The largest absolute Gasteiger partial charge is 0.416 e. The monoisotopic (exact) mass is 426 g/mol. The SMILES string of the molecule is O=c1ccccc2c(/C=C\c3ccc(C(F)(F)F)cc3)nn(-c3cccc(Cl)c3)c12. The fraction of sp³-hybridized carbons (Fsp3) is 0.0435. The number of nitrogens with zero attached hydrogens (tertiary/aromatic N) is 2. The lowest BCUT2D eigenvalue weighted by atomic mass is 10.1. The van der Waals surface area contributed by atoms with Crippen LogP contribution >= 0.6 is 11.6 Å². The Hall–Kier alpha value is -3.38. The first-order valence-corrected chi connectivity index (χ1v) is 9.34. The molecule has 0 aliphatic heterocycles. The van der Waals surface area contributed by atoms with Gasteiger partial charge in [0.05, 0.1) is 16.9 Å². The van der Waals surface area contributed by atoms with E-state index >= 15 is 0 Å². The molecule has 0 atom stereocenters. The number of fused-ring (bicyclic) bond motifs is 1. The van der Waals surface area contributed by atoms with Crippen LogP contribution in [0, 0.1) is 0 Å². The number of hydrogen-bond acceptors (Lipinski definition) is 2. The quantitative estimate of drug-likeness (QED) is 0.389. The van der Waals surface area contributed by atoms with Gasteiger partial charge in [0, 0.05) is 10.4 Å². The Labute approximate surface area is 174 Å². The maximum absolute atomic E-state index is 12.7. The Kier molecular flexibility index (Phi) is 5.18. The Balaban J connectivity index is 1.82. The van der Waals surface area contributed by atoms with E-state index in [0.29, 0.717) is 32.9 Å². The molecule has 0 saturated carbocycles. The van der Waals surface area contributed by atoms with Gasteiger partial charge in [-0.1, -0.05) is 54.1 Å². The van der Waals surface area contributed by atoms with Crippen LogP contribution in [-0.2, 0) is 6.18 Å². The first kappa shape index (κ1) is 19.9. The van der Waals surface area contributed by atoms with Crippen molar-refractivity contribution < 1.29 is 13.2 Å². The van der Waals surface area contributed by atoms with E-state index in [4.69, 9.17) is 11.6 Å². The summed E-state index contributed by atoms with van der Waals surface area (Å²) < 4.78 is 39.7. The van der Waals surface area contributed by atoms with E-state index in [-0.39, 0.29) is 5.43 Å². The molecule has 1 heterocycles. The summed E-state index contributed by atoms with van der Waals surface area (Å²) in [6.07, 6.45) is -1.05. The molecule has 0 aliphatic carbocycles. The Morgan fingerprint density at radius 2 is 1.63 bits per heavy atom. The number of alkyl halides is 3. The Morgan fingerprint density at radius 3 is 2.33 bits per heavy atom. The van der Waals surface area contributed by atoms with Crippen molar-refractivity contribution >= 4 is 34.7 Å². The van der Waals surface area contributed by atoms with E-state index < -0.39 is 11.7 Å². The number of hydrogen-bond donors (Lipinski definition) is 0. The molecule has 0 unspecified atom stereocenters. The minimum atomic E-state index is -4.38. The van der Waals surface area contributed by atoms with Crippen molar-refractivity contribution in [3.05, 3.63) is 105 Å². The average Bonchev–Trinajstić information content (AvgIpc) is 2.97. The van der Waals surface area contributed by atoms with Crippen LogP contribution in [0.5, 0.6) is 0 Å². The maximum Gasteiger partial charge on any atom is 0.416 e. The highest BCUT2D eigenvalue weighted by Gasteiger charge is 2.29. The van der Waals surface area contributed by atoms with Crippen molar-refractivity contribution in [2.45, 2.75) is 6.18 Å². The Morgan fingerprint density at radius 1 is 0.900 bits per heavy atom. The normalized spacial score (nSPS) is 12.0. The standard InChI is InChI=1S/C23H14ClF3N2O/c24-17-4-3-5-18(14-17)29-22-19(6-1-2-7-21(22)30)20(28-29)13-10-15-8-11-16(12-9-15)23(25,26)27/h1-14H/b13-10-. The highest BCUT2D eigenvalue weighted by Crippen LogP contribution is 2.29. The van der Waals surface area contributed by atoms with Gasteiger partial charge in [-0.15, -0.1) is 0 Å². The van der Waals surface area contributed by atoms with Crippen molar-refractivity contribution in [3.63, 3.8) is 0 Å². The molecular weight excluding hydrogens is 413 g/mol. The molecule has 0 fully saturated rings. The lowest BCUT2D eigenvalue weighted by molar-refractivity contribution is -0.137. The van der Waals surface area contributed by atoms with E-state index in [1.54, 1.807) is 54.6 Å². The van der Waals surface area contributed by atoms with Gasteiger partial charge >= 0.3 is 6.18 Å². The lowest BCUT2D eigenvalue weighted by Crippen LogP contribution is -2.04. The molecule has 0 bridgehead atoms. The van der Waals surface area contributed by atoms with E-state index in [1.165, 1.54) is 22.9 Å². The summed E-state index contributed by atoms with van der Waals surface area (Å²) in [4.78, 5) is 12.7. The highest BCUT2D eigenvalue weighted by atomic mass is 35.5. The minimum absolute atomic E-state index is 0.211. The second-order valence-corrected chi connectivity index (χ2v) is 7.01. The van der Waals surface area contributed by atoms with Crippen molar-refractivity contribution in [2.24, 2.45) is 0 Å². The molecule has 7 heteroatoms. The van der Waals surface area contributed by atoms with Crippen LogP contribution in [0.4, 0.5) is 13.2 Å². The molecule has 150 valence electrons. The third-order valence-electron chi connectivity index (χ3n) is 4.53. The summed E-state index contributed by atoms with van der Waals surface area (Å²) in [5, 5.41) is 5.68. The molecule has 0 saturated heterocycles.